The van der Waals surface area contributed by atoms with Gasteiger partial charge in [0.2, 0.25) is 0 Å². The number of halogens is 2. The van der Waals surface area contributed by atoms with Crippen LogP contribution in [-0.2, 0) is 19.5 Å². The van der Waals surface area contributed by atoms with Gasteiger partial charge in [0, 0.05) is 18.3 Å². The van der Waals surface area contributed by atoms with Crippen LogP contribution in [0.3, 0.4) is 0 Å². The Labute approximate surface area is 120 Å². The van der Waals surface area contributed by atoms with E-state index in [-0.39, 0.29) is 18.1 Å². The zero-order valence-electron chi connectivity index (χ0n) is 11.2. The maximum Gasteiger partial charge on any atom is 0.318 e. The lowest BCUT2D eigenvalue weighted by Gasteiger charge is -2.29. The number of hydrogen-bond donors (Lipinski definition) is 2. The Kier molecular flexibility index (Phi) is 3.55. The first-order valence-electron chi connectivity index (χ1n) is 6.62. The molecule has 0 unspecified atom stereocenters. The second kappa shape index (κ2) is 5.51. The highest BCUT2D eigenvalue weighted by Gasteiger charge is 2.25. The average molecular weight is 292 g/mol. The first-order valence-corrected chi connectivity index (χ1v) is 6.62. The molecule has 1 aliphatic heterocycles. The molecule has 1 aromatic heterocycles. The second-order valence-electron chi connectivity index (χ2n) is 4.90. The molecule has 21 heavy (non-hydrogen) atoms. The van der Waals surface area contributed by atoms with Gasteiger partial charge in [-0.05, 0) is 30.2 Å². The molecule has 0 saturated heterocycles. The van der Waals surface area contributed by atoms with Crippen molar-refractivity contribution in [3.63, 3.8) is 0 Å². The molecule has 0 bridgehead atoms. The summed E-state index contributed by atoms with van der Waals surface area (Å²) in [6.45, 7) is 0.754. The predicted molar refractivity (Wildman–Crippen MR) is 71.3 cm³/mol. The largest absolute Gasteiger partial charge is 0.332 e. The van der Waals surface area contributed by atoms with Crippen molar-refractivity contribution in [2.45, 2.75) is 19.5 Å². The highest BCUT2D eigenvalue weighted by Crippen LogP contribution is 2.24. The number of amides is 2. The lowest BCUT2D eigenvalue weighted by molar-refractivity contribution is 0.190. The number of urea groups is 1. The molecule has 5 nitrogen and oxygen atoms in total. The van der Waals surface area contributed by atoms with Crippen LogP contribution in [0.25, 0.3) is 0 Å². The normalized spacial score (nSPS) is 13.9. The number of nitrogens with one attached hydrogen (secondary N) is 2. The molecule has 0 saturated carbocycles. The SMILES string of the molecule is O=C(NCc1ccn[nH]1)N1CCc2c(F)ccc(F)c2C1. The molecule has 2 heterocycles. The zero-order chi connectivity index (χ0) is 14.8. The van der Waals surface area contributed by atoms with Crippen LogP contribution in [0, 0.1) is 11.6 Å². The van der Waals surface area contributed by atoms with E-state index in [0.29, 0.717) is 25.1 Å². The van der Waals surface area contributed by atoms with Crippen molar-refractivity contribution in [3.8, 4) is 0 Å². The van der Waals surface area contributed by atoms with E-state index in [1.807, 2.05) is 0 Å². The number of hydrogen-bond acceptors (Lipinski definition) is 2. The molecule has 0 atom stereocenters. The van der Waals surface area contributed by atoms with Gasteiger partial charge in [0.25, 0.3) is 0 Å². The maximum atomic E-state index is 13.8. The Morgan fingerprint density at radius 2 is 2.05 bits per heavy atom. The number of aromatic nitrogens is 2. The van der Waals surface area contributed by atoms with Crippen molar-refractivity contribution in [3.05, 3.63) is 52.9 Å². The molecule has 3 rings (SSSR count). The summed E-state index contributed by atoms with van der Waals surface area (Å²) in [5.41, 5.74) is 1.41. The number of H-pyrrole nitrogens is 1. The number of carbonyl (C=O) groups excluding carboxylic acids is 1. The van der Waals surface area contributed by atoms with Crippen LogP contribution in [0.5, 0.6) is 0 Å². The minimum atomic E-state index is -0.475. The summed E-state index contributed by atoms with van der Waals surface area (Å²) >= 11 is 0. The van der Waals surface area contributed by atoms with Gasteiger partial charge in [0.1, 0.15) is 11.6 Å². The van der Waals surface area contributed by atoms with E-state index in [1.165, 1.54) is 4.90 Å². The van der Waals surface area contributed by atoms with Gasteiger partial charge >= 0.3 is 6.03 Å². The first-order chi connectivity index (χ1) is 10.1. The van der Waals surface area contributed by atoms with Crippen LogP contribution in [0.15, 0.2) is 24.4 Å². The molecule has 0 fully saturated rings. The van der Waals surface area contributed by atoms with E-state index in [4.69, 9.17) is 0 Å². The van der Waals surface area contributed by atoms with Gasteiger partial charge in [-0.1, -0.05) is 0 Å². The smallest absolute Gasteiger partial charge is 0.318 e. The first kappa shape index (κ1) is 13.5. The number of fused-ring (bicyclic) bond motifs is 1. The van der Waals surface area contributed by atoms with Crippen molar-refractivity contribution in [1.82, 2.24) is 20.4 Å². The molecular formula is C14H14F2N4O. The van der Waals surface area contributed by atoms with Gasteiger partial charge in [-0.3, -0.25) is 5.10 Å². The number of rotatable bonds is 2. The number of carbonyl (C=O) groups is 1. The zero-order valence-corrected chi connectivity index (χ0v) is 11.2. The lowest BCUT2D eigenvalue weighted by Crippen LogP contribution is -2.43. The number of nitrogens with zero attached hydrogens (tertiary/aromatic N) is 2. The molecule has 1 aliphatic rings. The van der Waals surface area contributed by atoms with Gasteiger partial charge in [0.05, 0.1) is 18.8 Å². The van der Waals surface area contributed by atoms with Crippen LogP contribution in [0.4, 0.5) is 13.6 Å². The Bertz CT molecular complexity index is 657. The monoisotopic (exact) mass is 292 g/mol. The highest BCUT2D eigenvalue weighted by molar-refractivity contribution is 5.74. The summed E-state index contributed by atoms with van der Waals surface area (Å²) in [4.78, 5) is 13.5. The van der Waals surface area contributed by atoms with E-state index in [9.17, 15) is 13.6 Å². The predicted octanol–water partition coefficient (Wildman–Crippen LogP) is 1.96. The van der Waals surface area contributed by atoms with Gasteiger partial charge in [-0.2, -0.15) is 5.10 Å². The second-order valence-corrected chi connectivity index (χ2v) is 4.90. The fraction of sp³-hybridized carbons (Fsp3) is 0.286. The fourth-order valence-electron chi connectivity index (χ4n) is 2.43. The van der Waals surface area contributed by atoms with Gasteiger partial charge in [-0.15, -0.1) is 0 Å². The summed E-state index contributed by atoms with van der Waals surface area (Å²) < 4.78 is 27.4. The lowest BCUT2D eigenvalue weighted by atomic mass is 9.99. The Morgan fingerprint density at radius 1 is 1.29 bits per heavy atom. The molecule has 2 N–H and O–H groups in total. The Morgan fingerprint density at radius 3 is 2.76 bits per heavy atom. The van der Waals surface area contributed by atoms with Crippen molar-refractivity contribution in [1.29, 1.82) is 0 Å². The van der Waals surface area contributed by atoms with Crippen molar-refractivity contribution in [2.75, 3.05) is 6.54 Å². The quantitative estimate of drug-likeness (QED) is 0.889. The molecule has 2 amide bonds. The van der Waals surface area contributed by atoms with Crippen LogP contribution in [-0.4, -0.2) is 27.7 Å². The van der Waals surface area contributed by atoms with Crippen molar-refractivity contribution in [2.24, 2.45) is 0 Å². The van der Waals surface area contributed by atoms with Crippen LogP contribution >= 0.6 is 0 Å². The van der Waals surface area contributed by atoms with E-state index in [2.05, 4.69) is 15.5 Å². The Balaban J connectivity index is 1.68. The van der Waals surface area contributed by atoms with Crippen LogP contribution in [0.2, 0.25) is 0 Å². The minimum absolute atomic E-state index is 0.0771. The van der Waals surface area contributed by atoms with E-state index < -0.39 is 11.6 Å². The molecule has 110 valence electrons. The van der Waals surface area contributed by atoms with Gasteiger partial charge in [-0.25, -0.2) is 13.6 Å². The molecule has 7 heteroatoms. The number of benzene rings is 1. The molecule has 2 aromatic rings. The maximum absolute atomic E-state index is 13.8. The summed E-state index contributed by atoms with van der Waals surface area (Å²) in [6, 6.07) is 3.67. The highest BCUT2D eigenvalue weighted by atomic mass is 19.1. The molecule has 0 radical (unpaired) electrons. The van der Waals surface area contributed by atoms with Crippen molar-refractivity contribution >= 4 is 6.03 Å². The van der Waals surface area contributed by atoms with Crippen LogP contribution in [0.1, 0.15) is 16.8 Å². The topological polar surface area (TPSA) is 61.0 Å². The summed E-state index contributed by atoms with van der Waals surface area (Å²) in [5, 5.41) is 9.24. The van der Waals surface area contributed by atoms with Gasteiger partial charge in [0.15, 0.2) is 0 Å². The third-order valence-electron chi connectivity index (χ3n) is 3.57. The molecular weight excluding hydrogens is 278 g/mol. The fourth-order valence-corrected chi connectivity index (χ4v) is 2.43. The summed E-state index contributed by atoms with van der Waals surface area (Å²) in [6.07, 6.45) is 1.91. The standard InChI is InChI=1S/C14H14F2N4O/c15-12-1-2-13(16)11-8-20(6-4-10(11)12)14(21)17-7-9-3-5-18-19-9/h1-3,5H,4,6-8H2,(H,17,21)(H,18,19). The Hall–Kier alpha value is -2.44. The van der Waals surface area contributed by atoms with E-state index >= 15 is 0 Å². The molecule has 0 aliphatic carbocycles. The van der Waals surface area contributed by atoms with Crippen molar-refractivity contribution < 1.29 is 13.6 Å². The molecule has 0 spiro atoms. The third kappa shape index (κ3) is 2.72. The minimum Gasteiger partial charge on any atom is -0.332 e. The van der Waals surface area contributed by atoms with E-state index in [0.717, 1.165) is 17.8 Å². The summed E-state index contributed by atoms with van der Waals surface area (Å²) in [7, 11) is 0. The van der Waals surface area contributed by atoms with E-state index in [1.54, 1.807) is 12.3 Å². The third-order valence-corrected chi connectivity index (χ3v) is 3.57. The van der Waals surface area contributed by atoms with Gasteiger partial charge < -0.3 is 10.2 Å². The summed E-state index contributed by atoms with van der Waals surface area (Å²) in [5.74, 6) is -0.888. The van der Waals surface area contributed by atoms with Crippen LogP contribution < -0.4 is 5.32 Å². The average Bonchev–Trinajstić information content (AvgIpc) is 3.02. The molecule has 1 aromatic carbocycles. The number of aromatic amines is 1.